The van der Waals surface area contributed by atoms with E-state index < -0.39 is 0 Å². The number of nitrogens with zero attached hydrogens (tertiary/aromatic N) is 2. The van der Waals surface area contributed by atoms with Crippen molar-refractivity contribution in [1.29, 1.82) is 0 Å². The predicted octanol–water partition coefficient (Wildman–Crippen LogP) is 1.82. The molecular weight excluding hydrogens is 258 g/mol. The third kappa shape index (κ3) is 3.84. The van der Waals surface area contributed by atoms with Crippen molar-refractivity contribution in [3.63, 3.8) is 0 Å². The number of hydrogen-bond acceptors (Lipinski definition) is 3. The molecule has 0 radical (unpaired) electrons. The first-order chi connectivity index (χ1) is 8.83. The van der Waals surface area contributed by atoms with Gasteiger partial charge in [-0.25, -0.2) is 0 Å². The number of likely N-dealkylation sites (tertiary alicyclic amines) is 2. The van der Waals surface area contributed by atoms with Crippen LogP contribution in [0, 0.1) is 11.8 Å². The number of hydrogen-bond donors (Lipinski definition) is 1. The molecule has 0 aromatic heterocycles. The lowest BCUT2D eigenvalue weighted by Crippen LogP contribution is -2.53. The fraction of sp³-hybridized carbons (Fsp3) is 1.00. The lowest BCUT2D eigenvalue weighted by Gasteiger charge is -2.46. The van der Waals surface area contributed by atoms with E-state index in [-0.39, 0.29) is 12.4 Å². The summed E-state index contributed by atoms with van der Waals surface area (Å²) in [4.78, 5) is 5.40. The zero-order valence-electron chi connectivity index (χ0n) is 12.3. The summed E-state index contributed by atoms with van der Waals surface area (Å²) in [6.07, 6.45) is 7.08. The zero-order valence-corrected chi connectivity index (χ0v) is 13.1. The second-order valence-electron chi connectivity index (χ2n) is 6.69. The van der Waals surface area contributed by atoms with Crippen molar-refractivity contribution in [3.8, 4) is 0 Å². The number of halogens is 1. The standard InChI is InChI=1S/C15H29N3.ClH/c1-17-9-2-3-14-12-18(10-6-15(14)17)11-13-4-7-16-8-5-13;/h13-16H,2-12H2,1H3;1H. The van der Waals surface area contributed by atoms with Crippen LogP contribution in [0.3, 0.4) is 0 Å². The van der Waals surface area contributed by atoms with Crippen molar-refractivity contribution < 1.29 is 0 Å². The van der Waals surface area contributed by atoms with Crippen molar-refractivity contribution in [2.45, 2.75) is 38.1 Å². The fourth-order valence-electron chi connectivity index (χ4n) is 4.32. The van der Waals surface area contributed by atoms with E-state index in [0.717, 1.165) is 17.9 Å². The van der Waals surface area contributed by atoms with E-state index in [4.69, 9.17) is 0 Å². The molecule has 3 aliphatic heterocycles. The molecule has 112 valence electrons. The van der Waals surface area contributed by atoms with Crippen molar-refractivity contribution in [3.05, 3.63) is 0 Å². The molecule has 2 atom stereocenters. The molecule has 3 fully saturated rings. The molecule has 19 heavy (non-hydrogen) atoms. The molecule has 1 N–H and O–H groups in total. The molecule has 4 heteroatoms. The Bertz CT molecular complexity index is 268. The van der Waals surface area contributed by atoms with Gasteiger partial charge < -0.3 is 15.1 Å². The van der Waals surface area contributed by atoms with Crippen LogP contribution in [-0.4, -0.2) is 62.2 Å². The van der Waals surface area contributed by atoms with Crippen LogP contribution in [0.1, 0.15) is 32.1 Å². The number of nitrogens with one attached hydrogen (secondary N) is 1. The van der Waals surface area contributed by atoms with Crippen LogP contribution in [0.15, 0.2) is 0 Å². The van der Waals surface area contributed by atoms with Gasteiger partial charge in [-0.1, -0.05) is 0 Å². The maximum atomic E-state index is 3.48. The first-order valence-electron chi connectivity index (χ1n) is 7.96. The van der Waals surface area contributed by atoms with Gasteiger partial charge in [-0.2, -0.15) is 0 Å². The average molecular weight is 288 g/mol. The SMILES string of the molecule is CN1CCCC2CN(CC3CCNCC3)CCC21.Cl. The Morgan fingerprint density at radius 1 is 1.05 bits per heavy atom. The molecule has 0 amide bonds. The summed E-state index contributed by atoms with van der Waals surface area (Å²) in [5.41, 5.74) is 0. The van der Waals surface area contributed by atoms with Gasteiger partial charge in [-0.15, -0.1) is 12.4 Å². The molecule has 0 aromatic carbocycles. The summed E-state index contributed by atoms with van der Waals surface area (Å²) >= 11 is 0. The first kappa shape index (κ1) is 15.6. The van der Waals surface area contributed by atoms with Gasteiger partial charge in [-0.05, 0) is 77.2 Å². The van der Waals surface area contributed by atoms with E-state index in [0.29, 0.717) is 0 Å². The van der Waals surface area contributed by atoms with Gasteiger partial charge in [0.1, 0.15) is 0 Å². The molecular formula is C15H30ClN3. The maximum Gasteiger partial charge on any atom is 0.0145 e. The van der Waals surface area contributed by atoms with Crippen LogP contribution in [0.5, 0.6) is 0 Å². The molecule has 3 aliphatic rings. The molecule has 3 saturated heterocycles. The summed E-state index contributed by atoms with van der Waals surface area (Å²) in [5.74, 6) is 1.92. The molecule has 3 heterocycles. The molecule has 2 unspecified atom stereocenters. The third-order valence-corrected chi connectivity index (χ3v) is 5.40. The van der Waals surface area contributed by atoms with E-state index in [1.807, 2.05) is 0 Å². The highest BCUT2D eigenvalue weighted by atomic mass is 35.5. The van der Waals surface area contributed by atoms with E-state index in [9.17, 15) is 0 Å². The van der Waals surface area contributed by atoms with Gasteiger partial charge in [0.15, 0.2) is 0 Å². The average Bonchev–Trinajstić information content (AvgIpc) is 2.40. The van der Waals surface area contributed by atoms with Crippen LogP contribution in [0.2, 0.25) is 0 Å². The first-order valence-corrected chi connectivity index (χ1v) is 7.96. The van der Waals surface area contributed by atoms with Crippen LogP contribution < -0.4 is 5.32 Å². The minimum Gasteiger partial charge on any atom is -0.317 e. The molecule has 0 bridgehead atoms. The van der Waals surface area contributed by atoms with Gasteiger partial charge in [0.05, 0.1) is 0 Å². The van der Waals surface area contributed by atoms with Gasteiger partial charge in [0.25, 0.3) is 0 Å². The number of rotatable bonds is 2. The summed E-state index contributed by atoms with van der Waals surface area (Å²) < 4.78 is 0. The Kier molecular flexibility index (Phi) is 5.94. The predicted molar refractivity (Wildman–Crippen MR) is 83.0 cm³/mol. The topological polar surface area (TPSA) is 18.5 Å². The Morgan fingerprint density at radius 3 is 2.63 bits per heavy atom. The van der Waals surface area contributed by atoms with E-state index >= 15 is 0 Å². The lowest BCUT2D eigenvalue weighted by atomic mass is 9.83. The second-order valence-corrected chi connectivity index (χ2v) is 6.69. The van der Waals surface area contributed by atoms with Crippen molar-refractivity contribution >= 4 is 12.4 Å². The van der Waals surface area contributed by atoms with Gasteiger partial charge in [0, 0.05) is 19.1 Å². The number of fused-ring (bicyclic) bond motifs is 1. The lowest BCUT2D eigenvalue weighted by molar-refractivity contribution is 0.0304. The van der Waals surface area contributed by atoms with E-state index in [1.165, 1.54) is 71.4 Å². The molecule has 0 saturated carbocycles. The van der Waals surface area contributed by atoms with Gasteiger partial charge >= 0.3 is 0 Å². The second kappa shape index (κ2) is 7.26. The Balaban J connectivity index is 0.00000133. The van der Waals surface area contributed by atoms with Gasteiger partial charge in [-0.3, -0.25) is 0 Å². The molecule has 0 aliphatic carbocycles. The summed E-state index contributed by atoms with van der Waals surface area (Å²) in [7, 11) is 2.33. The molecule has 0 aromatic rings. The Hall–Kier alpha value is 0.170. The van der Waals surface area contributed by atoms with Crippen LogP contribution >= 0.6 is 12.4 Å². The monoisotopic (exact) mass is 287 g/mol. The summed E-state index contributed by atoms with van der Waals surface area (Å²) in [6, 6.07) is 0.892. The highest BCUT2D eigenvalue weighted by Gasteiger charge is 2.34. The number of piperidine rings is 3. The largest absolute Gasteiger partial charge is 0.317 e. The molecule has 3 nitrogen and oxygen atoms in total. The van der Waals surface area contributed by atoms with Crippen LogP contribution in [0.25, 0.3) is 0 Å². The minimum absolute atomic E-state index is 0. The van der Waals surface area contributed by atoms with E-state index in [1.54, 1.807) is 0 Å². The Morgan fingerprint density at radius 2 is 1.84 bits per heavy atom. The fourth-order valence-corrected chi connectivity index (χ4v) is 4.32. The minimum atomic E-state index is 0. The third-order valence-electron chi connectivity index (χ3n) is 5.40. The maximum absolute atomic E-state index is 3.48. The van der Waals surface area contributed by atoms with Crippen molar-refractivity contribution in [1.82, 2.24) is 15.1 Å². The van der Waals surface area contributed by atoms with Crippen LogP contribution in [-0.2, 0) is 0 Å². The summed E-state index contributed by atoms with van der Waals surface area (Å²) in [6.45, 7) is 7.90. The van der Waals surface area contributed by atoms with E-state index in [2.05, 4.69) is 22.2 Å². The van der Waals surface area contributed by atoms with Crippen molar-refractivity contribution in [2.75, 3.05) is 46.3 Å². The normalized spacial score (nSPS) is 34.6. The Labute approximate surface area is 124 Å². The van der Waals surface area contributed by atoms with Crippen LogP contribution in [0.4, 0.5) is 0 Å². The quantitative estimate of drug-likeness (QED) is 0.836. The highest BCUT2D eigenvalue weighted by Crippen LogP contribution is 2.30. The molecule has 3 rings (SSSR count). The molecule has 0 spiro atoms. The van der Waals surface area contributed by atoms with Gasteiger partial charge in [0.2, 0.25) is 0 Å². The summed E-state index contributed by atoms with van der Waals surface area (Å²) in [5, 5.41) is 3.48. The zero-order chi connectivity index (χ0) is 12.4. The van der Waals surface area contributed by atoms with Crippen molar-refractivity contribution in [2.24, 2.45) is 11.8 Å². The smallest absolute Gasteiger partial charge is 0.0145 e. The highest BCUT2D eigenvalue weighted by molar-refractivity contribution is 5.85.